The average Bonchev–Trinajstić information content (AvgIpc) is 2.85. The van der Waals surface area contributed by atoms with Gasteiger partial charge in [-0.3, -0.25) is 0 Å². The van der Waals surface area contributed by atoms with Crippen molar-refractivity contribution in [2.75, 3.05) is 19.5 Å². The van der Waals surface area contributed by atoms with Gasteiger partial charge in [0, 0.05) is 24.5 Å². The summed E-state index contributed by atoms with van der Waals surface area (Å²) in [6.45, 7) is 5.58. The van der Waals surface area contributed by atoms with Crippen molar-refractivity contribution in [1.29, 1.82) is 0 Å². The molecule has 0 bridgehead atoms. The molecule has 8 nitrogen and oxygen atoms in total. The Hall–Kier alpha value is -3.33. The monoisotopic (exact) mass is 530 g/mol. The number of nitrogens with zero attached hydrogens (tertiary/aromatic N) is 3. The zero-order chi connectivity index (χ0) is 26.7. The fourth-order valence-electron chi connectivity index (χ4n) is 4.36. The Morgan fingerprint density at radius 3 is 2.54 bits per heavy atom. The Morgan fingerprint density at radius 2 is 1.86 bits per heavy atom. The van der Waals surface area contributed by atoms with Crippen LogP contribution in [0.1, 0.15) is 46.5 Å². The number of hydrogen-bond donors (Lipinski definition) is 1. The Bertz CT molecular complexity index is 1280. The number of methoxy groups -OCH3 is 1. The van der Waals surface area contributed by atoms with Gasteiger partial charge >= 0.3 is 6.09 Å². The maximum Gasteiger partial charge on any atom is 0.410 e. The molecule has 1 heterocycles. The molecule has 1 fully saturated rings. The van der Waals surface area contributed by atoms with Crippen LogP contribution in [0.15, 0.2) is 36.7 Å². The quantitative estimate of drug-likeness (QED) is 0.378. The summed E-state index contributed by atoms with van der Waals surface area (Å²) in [4.78, 5) is 22.8. The number of hydrogen-bond acceptors (Lipinski definition) is 7. The predicted octanol–water partition coefficient (Wildman–Crippen LogP) is 6.73. The number of fused-ring (bicyclic) bond motifs is 1. The van der Waals surface area contributed by atoms with E-state index >= 15 is 0 Å². The topological polar surface area (TPSA) is 85.8 Å². The number of ether oxygens (including phenoxy) is 3. The minimum absolute atomic E-state index is 0.0157. The molecule has 0 unspecified atom stereocenters. The van der Waals surface area contributed by atoms with Crippen molar-refractivity contribution in [3.05, 3.63) is 47.5 Å². The largest absolute Gasteiger partial charge is 0.493 e. The summed E-state index contributed by atoms with van der Waals surface area (Å²) in [7, 11) is 3.35. The molecule has 0 saturated heterocycles. The second kappa shape index (κ2) is 11.0. The zero-order valence-electron chi connectivity index (χ0n) is 21.7. The molecular formula is C27H32ClFN4O4. The molecule has 1 N–H and O–H groups in total. The maximum atomic E-state index is 14.5. The van der Waals surface area contributed by atoms with Crippen molar-refractivity contribution in [2.24, 2.45) is 0 Å². The van der Waals surface area contributed by atoms with Gasteiger partial charge in [0.2, 0.25) is 0 Å². The minimum atomic E-state index is -0.561. The SMILES string of the molecule is COc1cc2ncnc(Nc3cccc(Cl)c3F)c2cc1OC1CCC(N(C)C(=O)OC(C)(C)C)CC1. The van der Waals surface area contributed by atoms with Crippen LogP contribution in [0.3, 0.4) is 0 Å². The number of rotatable bonds is 6. The summed E-state index contributed by atoms with van der Waals surface area (Å²) in [5.74, 6) is 0.942. The van der Waals surface area contributed by atoms with Crippen molar-refractivity contribution in [3.8, 4) is 11.5 Å². The average molecular weight is 531 g/mol. The van der Waals surface area contributed by atoms with E-state index in [-0.39, 0.29) is 28.9 Å². The van der Waals surface area contributed by atoms with E-state index in [1.165, 1.54) is 12.4 Å². The standard InChI is InChI=1S/C27H32ClFN4O4/c1-27(2,3)37-26(34)33(4)16-9-11-17(12-10-16)36-23-13-18-21(14-22(23)35-5)30-15-31-25(18)32-20-8-6-7-19(28)24(20)29/h6-8,13-17H,9-12H2,1-5H3,(H,30,31,32). The van der Waals surface area contributed by atoms with Crippen LogP contribution in [-0.4, -0.2) is 52.9 Å². The molecular weight excluding hydrogens is 499 g/mol. The minimum Gasteiger partial charge on any atom is -0.493 e. The first-order chi connectivity index (χ1) is 17.6. The van der Waals surface area contributed by atoms with E-state index in [4.69, 9.17) is 25.8 Å². The van der Waals surface area contributed by atoms with E-state index in [0.29, 0.717) is 28.2 Å². The summed E-state index contributed by atoms with van der Waals surface area (Å²) >= 11 is 5.93. The van der Waals surface area contributed by atoms with Crippen molar-refractivity contribution in [2.45, 2.75) is 64.2 Å². The van der Waals surface area contributed by atoms with E-state index in [2.05, 4.69) is 15.3 Å². The second-order valence-corrected chi connectivity index (χ2v) is 10.5. The van der Waals surface area contributed by atoms with Crippen molar-refractivity contribution in [3.63, 3.8) is 0 Å². The number of carbonyl (C=O) groups is 1. The highest BCUT2D eigenvalue weighted by Gasteiger charge is 2.30. The van der Waals surface area contributed by atoms with Gasteiger partial charge in [0.1, 0.15) is 17.7 Å². The molecule has 0 aliphatic heterocycles. The van der Waals surface area contributed by atoms with Gasteiger partial charge in [0.25, 0.3) is 0 Å². The highest BCUT2D eigenvalue weighted by atomic mass is 35.5. The van der Waals surface area contributed by atoms with Gasteiger partial charge in [-0.05, 0) is 64.7 Å². The van der Waals surface area contributed by atoms with E-state index in [0.717, 1.165) is 25.7 Å². The zero-order valence-corrected chi connectivity index (χ0v) is 22.4. The van der Waals surface area contributed by atoms with E-state index in [1.54, 1.807) is 43.3 Å². The third-order valence-corrected chi connectivity index (χ3v) is 6.58. The maximum absolute atomic E-state index is 14.5. The van der Waals surface area contributed by atoms with Gasteiger partial charge in [-0.1, -0.05) is 17.7 Å². The molecule has 0 radical (unpaired) electrons. The molecule has 1 amide bonds. The Morgan fingerprint density at radius 1 is 1.14 bits per heavy atom. The molecule has 1 aliphatic carbocycles. The summed E-state index contributed by atoms with van der Waals surface area (Å²) in [5, 5.41) is 3.68. The van der Waals surface area contributed by atoms with Gasteiger partial charge in [-0.25, -0.2) is 19.2 Å². The Labute approximate surface area is 221 Å². The van der Waals surface area contributed by atoms with Crippen molar-refractivity contribution >= 4 is 40.1 Å². The first-order valence-corrected chi connectivity index (χ1v) is 12.6. The number of amides is 1. The fraction of sp³-hybridized carbons (Fsp3) is 0.444. The number of halogens is 2. The van der Waals surface area contributed by atoms with Gasteiger partial charge in [0.05, 0.1) is 29.4 Å². The lowest BCUT2D eigenvalue weighted by Crippen LogP contribution is -2.43. The van der Waals surface area contributed by atoms with Crippen LogP contribution >= 0.6 is 11.6 Å². The molecule has 2 aromatic carbocycles. The third kappa shape index (κ3) is 6.33. The second-order valence-electron chi connectivity index (χ2n) is 10.1. The fourth-order valence-corrected chi connectivity index (χ4v) is 4.53. The summed E-state index contributed by atoms with van der Waals surface area (Å²) in [5.41, 5.74) is 0.291. The molecule has 0 spiro atoms. The van der Waals surface area contributed by atoms with Gasteiger partial charge in [0.15, 0.2) is 17.3 Å². The van der Waals surface area contributed by atoms with Crippen LogP contribution in [0.25, 0.3) is 10.9 Å². The van der Waals surface area contributed by atoms with Crippen LogP contribution in [0.4, 0.5) is 20.7 Å². The Kier molecular flexibility index (Phi) is 7.92. The summed E-state index contributed by atoms with van der Waals surface area (Å²) in [6.07, 6.45) is 4.15. The van der Waals surface area contributed by atoms with E-state index in [1.807, 2.05) is 20.8 Å². The lowest BCUT2D eigenvalue weighted by atomic mass is 9.92. The molecule has 1 aromatic heterocycles. The molecule has 3 aromatic rings. The first kappa shape index (κ1) is 26.7. The lowest BCUT2D eigenvalue weighted by Gasteiger charge is -2.35. The number of carbonyl (C=O) groups excluding carboxylic acids is 1. The van der Waals surface area contributed by atoms with Crippen molar-refractivity contribution < 1.29 is 23.4 Å². The molecule has 0 atom stereocenters. The third-order valence-electron chi connectivity index (χ3n) is 6.29. The number of nitrogens with one attached hydrogen (secondary N) is 1. The molecule has 10 heteroatoms. The van der Waals surface area contributed by atoms with Crippen LogP contribution < -0.4 is 14.8 Å². The molecule has 4 rings (SSSR count). The van der Waals surface area contributed by atoms with Gasteiger partial charge in [-0.2, -0.15) is 0 Å². The van der Waals surface area contributed by atoms with Crippen LogP contribution in [-0.2, 0) is 4.74 Å². The normalized spacial score (nSPS) is 17.8. The highest BCUT2D eigenvalue weighted by Crippen LogP contribution is 2.37. The smallest absolute Gasteiger partial charge is 0.410 e. The summed E-state index contributed by atoms with van der Waals surface area (Å²) < 4.78 is 31.9. The van der Waals surface area contributed by atoms with Crippen LogP contribution in [0.2, 0.25) is 5.02 Å². The lowest BCUT2D eigenvalue weighted by molar-refractivity contribution is 0.0138. The highest BCUT2D eigenvalue weighted by molar-refractivity contribution is 6.31. The predicted molar refractivity (Wildman–Crippen MR) is 141 cm³/mol. The molecule has 37 heavy (non-hydrogen) atoms. The van der Waals surface area contributed by atoms with Crippen LogP contribution in [0.5, 0.6) is 11.5 Å². The first-order valence-electron chi connectivity index (χ1n) is 12.2. The van der Waals surface area contributed by atoms with Crippen molar-refractivity contribution in [1.82, 2.24) is 14.9 Å². The van der Waals surface area contributed by atoms with Crippen LogP contribution in [0, 0.1) is 5.82 Å². The Balaban J connectivity index is 1.50. The molecule has 198 valence electrons. The number of anilines is 2. The van der Waals surface area contributed by atoms with Gasteiger partial charge < -0.3 is 24.4 Å². The molecule has 1 aliphatic rings. The molecule has 1 saturated carbocycles. The van der Waals surface area contributed by atoms with E-state index in [9.17, 15) is 9.18 Å². The number of benzene rings is 2. The van der Waals surface area contributed by atoms with E-state index < -0.39 is 11.4 Å². The van der Waals surface area contributed by atoms with Gasteiger partial charge in [-0.15, -0.1) is 0 Å². The number of aromatic nitrogens is 2. The summed E-state index contributed by atoms with van der Waals surface area (Å²) in [6, 6.07) is 8.39.